The molecule has 0 aliphatic rings. The first-order chi connectivity index (χ1) is 11.8. The SMILES string of the molecule is COc1cc(C(=O)N(C)CCC(N)C(C)C)ccc1OCCC(C)C. The highest BCUT2D eigenvalue weighted by Crippen LogP contribution is 2.29. The number of nitrogens with two attached hydrogens (primary N) is 1. The van der Waals surface area contributed by atoms with Crippen LogP contribution in [0, 0.1) is 11.8 Å². The topological polar surface area (TPSA) is 64.8 Å². The van der Waals surface area contributed by atoms with Gasteiger partial charge in [-0.15, -0.1) is 0 Å². The summed E-state index contributed by atoms with van der Waals surface area (Å²) >= 11 is 0. The van der Waals surface area contributed by atoms with E-state index in [1.54, 1.807) is 37.3 Å². The molecule has 0 fully saturated rings. The van der Waals surface area contributed by atoms with E-state index in [-0.39, 0.29) is 11.9 Å². The smallest absolute Gasteiger partial charge is 0.253 e. The van der Waals surface area contributed by atoms with E-state index in [9.17, 15) is 4.79 Å². The summed E-state index contributed by atoms with van der Waals surface area (Å²) in [5.74, 6) is 2.21. The number of carbonyl (C=O) groups is 1. The van der Waals surface area contributed by atoms with Crippen LogP contribution in [0.25, 0.3) is 0 Å². The molecule has 0 saturated heterocycles. The summed E-state index contributed by atoms with van der Waals surface area (Å²) in [6.07, 6.45) is 1.76. The second kappa shape index (κ2) is 10.3. The Morgan fingerprint density at radius 1 is 1.16 bits per heavy atom. The zero-order valence-electron chi connectivity index (χ0n) is 16.5. The van der Waals surface area contributed by atoms with Gasteiger partial charge in [0.15, 0.2) is 11.5 Å². The lowest BCUT2D eigenvalue weighted by Crippen LogP contribution is -2.34. The number of carbonyl (C=O) groups excluding carboxylic acids is 1. The molecule has 1 aromatic carbocycles. The van der Waals surface area contributed by atoms with Crippen molar-refractivity contribution in [1.29, 1.82) is 0 Å². The Kier molecular flexibility index (Phi) is 8.76. The van der Waals surface area contributed by atoms with E-state index in [0.29, 0.717) is 42.0 Å². The maximum atomic E-state index is 12.6. The second-order valence-corrected chi connectivity index (χ2v) is 7.32. The van der Waals surface area contributed by atoms with Crippen LogP contribution in [0.2, 0.25) is 0 Å². The average molecular weight is 351 g/mol. The summed E-state index contributed by atoms with van der Waals surface area (Å²) in [6, 6.07) is 5.43. The van der Waals surface area contributed by atoms with Gasteiger partial charge in [0.2, 0.25) is 0 Å². The second-order valence-electron chi connectivity index (χ2n) is 7.32. The van der Waals surface area contributed by atoms with Crippen LogP contribution in [0.3, 0.4) is 0 Å². The Bertz CT molecular complexity index is 544. The van der Waals surface area contributed by atoms with Gasteiger partial charge in [0.05, 0.1) is 13.7 Å². The monoisotopic (exact) mass is 350 g/mol. The molecule has 0 heterocycles. The molecule has 0 radical (unpaired) electrons. The van der Waals surface area contributed by atoms with E-state index >= 15 is 0 Å². The molecule has 25 heavy (non-hydrogen) atoms. The molecular weight excluding hydrogens is 316 g/mol. The number of nitrogens with zero attached hydrogens (tertiary/aromatic N) is 1. The van der Waals surface area contributed by atoms with E-state index in [2.05, 4.69) is 27.7 Å². The first kappa shape index (κ1) is 21.3. The van der Waals surface area contributed by atoms with Crippen molar-refractivity contribution in [3.8, 4) is 11.5 Å². The molecule has 1 rings (SSSR count). The molecule has 0 bridgehead atoms. The Morgan fingerprint density at radius 3 is 2.40 bits per heavy atom. The quantitative estimate of drug-likeness (QED) is 0.701. The Hall–Kier alpha value is -1.75. The maximum absolute atomic E-state index is 12.6. The van der Waals surface area contributed by atoms with Crippen molar-refractivity contribution in [2.75, 3.05) is 27.3 Å². The van der Waals surface area contributed by atoms with Gasteiger partial charge in [0.25, 0.3) is 5.91 Å². The molecule has 0 aromatic heterocycles. The van der Waals surface area contributed by atoms with E-state index in [0.717, 1.165) is 12.8 Å². The average Bonchev–Trinajstić information content (AvgIpc) is 2.58. The van der Waals surface area contributed by atoms with Gasteiger partial charge >= 0.3 is 0 Å². The van der Waals surface area contributed by atoms with Crippen molar-refractivity contribution >= 4 is 5.91 Å². The molecular formula is C20H34N2O3. The largest absolute Gasteiger partial charge is 0.493 e. The van der Waals surface area contributed by atoms with Crippen LogP contribution in [0.1, 0.15) is 50.9 Å². The molecule has 0 spiro atoms. The maximum Gasteiger partial charge on any atom is 0.253 e. The lowest BCUT2D eigenvalue weighted by Gasteiger charge is -2.22. The van der Waals surface area contributed by atoms with Gasteiger partial charge in [-0.05, 0) is 42.9 Å². The lowest BCUT2D eigenvalue weighted by molar-refractivity contribution is 0.0788. The highest BCUT2D eigenvalue weighted by atomic mass is 16.5. The normalized spacial score (nSPS) is 12.4. The van der Waals surface area contributed by atoms with Crippen molar-refractivity contribution in [2.45, 2.75) is 46.6 Å². The molecule has 5 nitrogen and oxygen atoms in total. The third kappa shape index (κ3) is 6.94. The van der Waals surface area contributed by atoms with Gasteiger partial charge in [-0.25, -0.2) is 0 Å². The molecule has 1 amide bonds. The highest BCUT2D eigenvalue weighted by molar-refractivity contribution is 5.94. The molecule has 1 aromatic rings. The van der Waals surface area contributed by atoms with Gasteiger partial charge < -0.3 is 20.1 Å². The third-order valence-corrected chi connectivity index (χ3v) is 4.36. The first-order valence-electron chi connectivity index (χ1n) is 9.08. The van der Waals surface area contributed by atoms with Gasteiger partial charge in [-0.1, -0.05) is 27.7 Å². The predicted octanol–water partition coefficient (Wildman–Crippen LogP) is 3.57. The Balaban J connectivity index is 2.72. The summed E-state index contributed by atoms with van der Waals surface area (Å²) in [5, 5.41) is 0. The van der Waals surface area contributed by atoms with E-state index in [1.165, 1.54) is 0 Å². The number of benzene rings is 1. The number of hydrogen-bond donors (Lipinski definition) is 1. The summed E-state index contributed by atoms with van der Waals surface area (Å²) < 4.78 is 11.2. The summed E-state index contributed by atoms with van der Waals surface area (Å²) in [4.78, 5) is 14.3. The number of ether oxygens (including phenoxy) is 2. The van der Waals surface area contributed by atoms with Crippen LogP contribution in [0.5, 0.6) is 11.5 Å². The molecule has 5 heteroatoms. The van der Waals surface area contributed by atoms with Crippen molar-refractivity contribution in [3.05, 3.63) is 23.8 Å². The highest BCUT2D eigenvalue weighted by Gasteiger charge is 2.16. The fraction of sp³-hybridized carbons (Fsp3) is 0.650. The van der Waals surface area contributed by atoms with Crippen molar-refractivity contribution < 1.29 is 14.3 Å². The summed E-state index contributed by atoms with van der Waals surface area (Å²) in [6.45, 7) is 9.76. The van der Waals surface area contributed by atoms with Crippen LogP contribution >= 0.6 is 0 Å². The van der Waals surface area contributed by atoms with Crippen LogP contribution in [-0.4, -0.2) is 44.2 Å². The van der Waals surface area contributed by atoms with Crippen LogP contribution in [0.15, 0.2) is 18.2 Å². The number of hydrogen-bond acceptors (Lipinski definition) is 4. The molecule has 1 atom stereocenters. The van der Waals surface area contributed by atoms with Gasteiger partial charge in [-0.2, -0.15) is 0 Å². The number of methoxy groups -OCH3 is 1. The molecule has 0 aliphatic carbocycles. The van der Waals surface area contributed by atoms with E-state index < -0.39 is 0 Å². The fourth-order valence-electron chi connectivity index (χ4n) is 2.32. The zero-order chi connectivity index (χ0) is 19.0. The first-order valence-corrected chi connectivity index (χ1v) is 9.08. The van der Waals surface area contributed by atoms with Gasteiger partial charge in [-0.3, -0.25) is 4.79 Å². The summed E-state index contributed by atoms with van der Waals surface area (Å²) in [7, 11) is 3.39. The summed E-state index contributed by atoms with van der Waals surface area (Å²) in [5.41, 5.74) is 6.65. The van der Waals surface area contributed by atoms with Gasteiger partial charge in [0.1, 0.15) is 0 Å². The number of rotatable bonds is 10. The van der Waals surface area contributed by atoms with Crippen molar-refractivity contribution in [1.82, 2.24) is 4.90 Å². The Labute approximate surface area is 152 Å². The lowest BCUT2D eigenvalue weighted by atomic mass is 10.0. The molecule has 142 valence electrons. The minimum absolute atomic E-state index is 0.0389. The molecule has 1 unspecified atom stereocenters. The van der Waals surface area contributed by atoms with Crippen molar-refractivity contribution in [2.24, 2.45) is 17.6 Å². The molecule has 0 saturated carbocycles. The van der Waals surface area contributed by atoms with Crippen LogP contribution in [0.4, 0.5) is 0 Å². The Morgan fingerprint density at radius 2 is 1.84 bits per heavy atom. The third-order valence-electron chi connectivity index (χ3n) is 4.36. The fourth-order valence-corrected chi connectivity index (χ4v) is 2.32. The minimum Gasteiger partial charge on any atom is -0.493 e. The van der Waals surface area contributed by atoms with E-state index in [4.69, 9.17) is 15.2 Å². The molecule has 0 aliphatic heterocycles. The standard InChI is InChI=1S/C20H34N2O3/c1-14(2)10-12-25-18-8-7-16(13-19(18)24-6)20(23)22(5)11-9-17(21)15(3)4/h7-8,13-15,17H,9-12,21H2,1-6H3. The van der Waals surface area contributed by atoms with Gasteiger partial charge in [0, 0.05) is 25.2 Å². The molecule has 2 N–H and O–H groups in total. The van der Waals surface area contributed by atoms with E-state index in [1.807, 2.05) is 0 Å². The number of amides is 1. The zero-order valence-corrected chi connectivity index (χ0v) is 16.5. The van der Waals surface area contributed by atoms with Crippen LogP contribution < -0.4 is 15.2 Å². The minimum atomic E-state index is -0.0389. The van der Waals surface area contributed by atoms with Crippen molar-refractivity contribution in [3.63, 3.8) is 0 Å². The predicted molar refractivity (Wildman–Crippen MR) is 102 cm³/mol. The van der Waals surface area contributed by atoms with Crippen LogP contribution in [-0.2, 0) is 0 Å².